The van der Waals surface area contributed by atoms with Crippen LogP contribution in [0.2, 0.25) is 0 Å². The molecule has 2 amide bonds. The molecule has 4 nitrogen and oxygen atoms in total. The molecule has 1 aromatic rings. The molecular weight excluding hydrogens is 396 g/mol. The van der Waals surface area contributed by atoms with E-state index in [9.17, 15) is 9.59 Å². The summed E-state index contributed by atoms with van der Waals surface area (Å²) in [7, 11) is 0. The van der Waals surface area contributed by atoms with Crippen molar-refractivity contribution in [3.05, 3.63) is 11.6 Å². The number of thiazole rings is 1. The van der Waals surface area contributed by atoms with Gasteiger partial charge in [0.25, 0.3) is 0 Å². The Kier molecular flexibility index (Phi) is 2.70. The van der Waals surface area contributed by atoms with Crippen LogP contribution in [0.25, 0.3) is 0 Å². The first kappa shape index (κ1) is 12.5. The lowest BCUT2D eigenvalue weighted by Crippen LogP contribution is -2.37. The molecule has 0 unspecified atom stereocenters. The smallest absolute Gasteiger partial charge is 0.239 e. The molecule has 0 aromatic carbocycles. The van der Waals surface area contributed by atoms with E-state index < -0.39 is 0 Å². The zero-order valence-corrected chi connectivity index (χ0v) is 13.7. The second-order valence-corrected chi connectivity index (χ2v) is 8.32. The van der Waals surface area contributed by atoms with Crippen molar-refractivity contribution in [3.63, 3.8) is 0 Å². The van der Waals surface area contributed by atoms with Gasteiger partial charge in [-0.2, -0.15) is 0 Å². The summed E-state index contributed by atoms with van der Waals surface area (Å²) in [5.74, 6) is 0.114. The zero-order chi connectivity index (χ0) is 13.3. The van der Waals surface area contributed by atoms with Crippen LogP contribution in [-0.4, -0.2) is 26.5 Å². The van der Waals surface area contributed by atoms with Crippen LogP contribution in [0.4, 0.5) is 5.13 Å². The number of hydrogen-bond donors (Lipinski definition) is 0. The monoisotopic (exact) mass is 404 g/mol. The second kappa shape index (κ2) is 4.11. The summed E-state index contributed by atoms with van der Waals surface area (Å²) in [5.41, 5.74) is 0. The average molecular weight is 406 g/mol. The van der Waals surface area contributed by atoms with E-state index in [0.717, 1.165) is 6.42 Å². The molecular formula is C12H10Br2N2O2S. The van der Waals surface area contributed by atoms with Crippen LogP contribution in [0.5, 0.6) is 0 Å². The Morgan fingerprint density at radius 1 is 1.16 bits per heavy atom. The average Bonchev–Trinajstić information content (AvgIpc) is 3.10. The molecule has 6 atom stereocenters. The summed E-state index contributed by atoms with van der Waals surface area (Å²) >= 11 is 8.68. The molecule has 3 aliphatic rings. The molecule has 3 fully saturated rings. The number of halogens is 2. The van der Waals surface area contributed by atoms with Gasteiger partial charge in [0.05, 0.1) is 11.8 Å². The van der Waals surface area contributed by atoms with Crippen LogP contribution in [0.1, 0.15) is 6.42 Å². The summed E-state index contributed by atoms with van der Waals surface area (Å²) in [4.78, 5) is 31.1. The van der Waals surface area contributed by atoms with Gasteiger partial charge in [0.1, 0.15) is 0 Å². The van der Waals surface area contributed by atoms with E-state index in [1.165, 1.54) is 16.2 Å². The fourth-order valence-corrected chi connectivity index (χ4v) is 6.39. The molecule has 4 rings (SSSR count). The highest BCUT2D eigenvalue weighted by atomic mass is 79.9. The molecule has 19 heavy (non-hydrogen) atoms. The highest BCUT2D eigenvalue weighted by Crippen LogP contribution is 2.60. The highest BCUT2D eigenvalue weighted by molar-refractivity contribution is 9.12. The van der Waals surface area contributed by atoms with Crippen molar-refractivity contribution >= 4 is 60.1 Å². The number of fused-ring (bicyclic) bond motifs is 5. The molecule has 0 spiro atoms. The Morgan fingerprint density at radius 2 is 1.74 bits per heavy atom. The van der Waals surface area contributed by atoms with E-state index in [1.54, 1.807) is 11.6 Å². The molecule has 1 aliphatic heterocycles. The number of carbonyl (C=O) groups is 2. The van der Waals surface area contributed by atoms with E-state index in [-0.39, 0.29) is 45.1 Å². The van der Waals surface area contributed by atoms with Gasteiger partial charge in [-0.05, 0) is 18.3 Å². The Bertz CT molecular complexity index is 532. The lowest BCUT2D eigenvalue weighted by molar-refractivity contribution is -0.123. The summed E-state index contributed by atoms with van der Waals surface area (Å²) in [5, 5.41) is 2.31. The van der Waals surface area contributed by atoms with Crippen molar-refractivity contribution in [1.82, 2.24) is 4.98 Å². The Labute approximate surface area is 130 Å². The predicted octanol–water partition coefficient (Wildman–Crippen LogP) is 2.43. The Balaban J connectivity index is 1.76. The minimum absolute atomic E-state index is 0.0544. The maximum Gasteiger partial charge on any atom is 0.239 e. The largest absolute Gasteiger partial charge is 0.274 e. The minimum Gasteiger partial charge on any atom is -0.274 e. The summed E-state index contributed by atoms with van der Waals surface area (Å²) in [6.07, 6.45) is 2.59. The normalized spacial score (nSPS) is 44.2. The van der Waals surface area contributed by atoms with E-state index in [2.05, 4.69) is 36.8 Å². The molecule has 0 radical (unpaired) electrons. The van der Waals surface area contributed by atoms with Gasteiger partial charge in [0, 0.05) is 21.2 Å². The van der Waals surface area contributed by atoms with Crippen LogP contribution in [-0.2, 0) is 9.59 Å². The van der Waals surface area contributed by atoms with Crippen molar-refractivity contribution in [2.24, 2.45) is 23.7 Å². The minimum atomic E-state index is -0.153. The number of rotatable bonds is 1. The van der Waals surface area contributed by atoms with Crippen molar-refractivity contribution in [2.45, 2.75) is 16.1 Å². The van der Waals surface area contributed by atoms with Crippen LogP contribution in [0, 0.1) is 23.7 Å². The lowest BCUT2D eigenvalue weighted by atomic mass is 9.81. The number of amides is 2. The first-order chi connectivity index (χ1) is 9.11. The van der Waals surface area contributed by atoms with Crippen LogP contribution < -0.4 is 4.90 Å². The topological polar surface area (TPSA) is 50.3 Å². The molecule has 100 valence electrons. The third-order valence-electron chi connectivity index (χ3n) is 4.60. The van der Waals surface area contributed by atoms with Crippen molar-refractivity contribution < 1.29 is 9.59 Å². The number of alkyl halides is 2. The van der Waals surface area contributed by atoms with Gasteiger partial charge >= 0.3 is 0 Å². The van der Waals surface area contributed by atoms with E-state index in [1.807, 2.05) is 0 Å². The van der Waals surface area contributed by atoms with Crippen molar-refractivity contribution in [1.29, 1.82) is 0 Å². The number of imide groups is 1. The lowest BCUT2D eigenvalue weighted by Gasteiger charge is -2.28. The number of hydrogen-bond acceptors (Lipinski definition) is 4. The van der Waals surface area contributed by atoms with Gasteiger partial charge in [-0.1, -0.05) is 31.9 Å². The Morgan fingerprint density at radius 3 is 2.21 bits per heavy atom. The number of nitrogens with zero attached hydrogens (tertiary/aromatic N) is 2. The summed E-state index contributed by atoms with van der Waals surface area (Å²) in [6.45, 7) is 0. The van der Waals surface area contributed by atoms with E-state index in [4.69, 9.17) is 0 Å². The summed E-state index contributed by atoms with van der Waals surface area (Å²) in [6, 6.07) is 0. The molecule has 1 saturated heterocycles. The molecule has 2 saturated carbocycles. The van der Waals surface area contributed by atoms with E-state index >= 15 is 0 Å². The van der Waals surface area contributed by atoms with Crippen molar-refractivity contribution in [2.75, 3.05) is 4.90 Å². The molecule has 2 heterocycles. The highest BCUT2D eigenvalue weighted by Gasteiger charge is 2.66. The van der Waals surface area contributed by atoms with Crippen LogP contribution >= 0.6 is 43.2 Å². The molecule has 1 aromatic heterocycles. The van der Waals surface area contributed by atoms with Gasteiger partial charge in [0.15, 0.2) is 5.13 Å². The number of carbonyl (C=O) groups excluding carboxylic acids is 2. The first-order valence-corrected chi connectivity index (χ1v) is 8.88. The van der Waals surface area contributed by atoms with Gasteiger partial charge in [-0.25, -0.2) is 9.88 Å². The van der Waals surface area contributed by atoms with Crippen LogP contribution in [0.15, 0.2) is 11.6 Å². The third kappa shape index (κ3) is 1.46. The number of anilines is 1. The van der Waals surface area contributed by atoms with Crippen molar-refractivity contribution in [3.8, 4) is 0 Å². The van der Waals surface area contributed by atoms with Gasteiger partial charge < -0.3 is 0 Å². The van der Waals surface area contributed by atoms with Gasteiger partial charge in [-0.3, -0.25) is 9.59 Å². The van der Waals surface area contributed by atoms with Crippen LogP contribution in [0.3, 0.4) is 0 Å². The van der Waals surface area contributed by atoms with Gasteiger partial charge in [0.2, 0.25) is 11.8 Å². The Hall–Kier alpha value is -0.270. The second-order valence-electron chi connectivity index (χ2n) is 5.33. The molecule has 7 heteroatoms. The molecule has 2 bridgehead atoms. The fraction of sp³-hybridized carbons (Fsp3) is 0.583. The first-order valence-electron chi connectivity index (χ1n) is 6.16. The maximum atomic E-state index is 12.6. The van der Waals surface area contributed by atoms with Gasteiger partial charge in [-0.15, -0.1) is 11.3 Å². The maximum absolute atomic E-state index is 12.6. The predicted molar refractivity (Wildman–Crippen MR) is 78.6 cm³/mol. The molecule has 2 aliphatic carbocycles. The summed E-state index contributed by atoms with van der Waals surface area (Å²) < 4.78 is 0. The number of aromatic nitrogens is 1. The molecule has 0 N–H and O–H groups in total. The SMILES string of the molecule is O=C1[C@H]2[C@@H]3C[C@@H]([C@@H](Br)[C@H]3Br)[C@@H]2C(=O)N1c1nccs1. The zero-order valence-electron chi connectivity index (χ0n) is 9.70. The third-order valence-corrected chi connectivity index (χ3v) is 8.56. The quantitative estimate of drug-likeness (QED) is 0.532. The van der Waals surface area contributed by atoms with E-state index in [0.29, 0.717) is 5.13 Å². The standard InChI is InChI=1S/C12H10Br2N2O2S/c13-8-4-3-5(9(8)14)7-6(4)10(17)16(11(7)18)12-15-1-2-19-12/h1-2,4-9H,3H2/t4-,5+,6-,7-,8-,9+/m0/s1. The fourth-order valence-electron chi connectivity index (χ4n) is 3.86.